The van der Waals surface area contributed by atoms with E-state index in [9.17, 15) is 19.8 Å². The predicted octanol–water partition coefficient (Wildman–Crippen LogP) is -0.234. The first-order valence-electron chi connectivity index (χ1n) is 5.09. The Morgan fingerprint density at radius 3 is 1.24 bits per heavy atom. The number of hydrogen-bond donors (Lipinski definition) is 0. The molecule has 0 fully saturated rings. The molecule has 0 aliphatic rings. The standard InChI is InChI=1S/2C4H8O2S.2CH3.Sn/c2*1-2-7-3-4(5)6;;;/h2*2-3H2,1H3,(H,5,6);2*1H3;/q;;;;+2/p-2. The molecule has 0 aromatic rings. The van der Waals surface area contributed by atoms with Crippen LogP contribution < -0.4 is 10.2 Å². The van der Waals surface area contributed by atoms with E-state index in [1.807, 2.05) is 13.8 Å². The van der Waals surface area contributed by atoms with Crippen molar-refractivity contribution in [3.05, 3.63) is 0 Å². The van der Waals surface area contributed by atoms with Gasteiger partial charge in [0.1, 0.15) is 0 Å². The summed E-state index contributed by atoms with van der Waals surface area (Å²) in [5.41, 5.74) is 0. The molecule has 0 radical (unpaired) electrons. The molecule has 0 saturated heterocycles. The van der Waals surface area contributed by atoms with Gasteiger partial charge in [-0.25, -0.2) is 0 Å². The molecule has 0 aromatic heterocycles. The first-order valence-corrected chi connectivity index (χ1v) is 13.1. The molecule has 0 aliphatic carbocycles. The number of carbonyl (C=O) groups excluding carboxylic acids is 2. The van der Waals surface area contributed by atoms with Gasteiger partial charge in [-0.3, -0.25) is 0 Å². The average molecular weight is 387 g/mol. The molecule has 0 bridgehead atoms. The van der Waals surface area contributed by atoms with E-state index in [1.54, 1.807) is 0 Å². The van der Waals surface area contributed by atoms with E-state index in [0.29, 0.717) is 0 Å². The summed E-state index contributed by atoms with van der Waals surface area (Å²) >= 11 is 2.94. The molecule has 0 aliphatic heterocycles. The van der Waals surface area contributed by atoms with Crippen LogP contribution in [0.4, 0.5) is 0 Å². The van der Waals surface area contributed by atoms with Crippen LogP contribution in [0.25, 0.3) is 0 Å². The second kappa shape index (κ2) is 21.7. The van der Waals surface area contributed by atoms with Crippen molar-refractivity contribution in [1.82, 2.24) is 0 Å². The van der Waals surface area contributed by atoms with Gasteiger partial charge in [-0.2, -0.15) is 23.5 Å². The average Bonchev–Trinajstić information content (AvgIpc) is 2.25. The second-order valence-corrected chi connectivity index (χ2v) is 7.92. The molecule has 0 rings (SSSR count). The van der Waals surface area contributed by atoms with Crippen LogP contribution >= 0.6 is 23.5 Å². The summed E-state index contributed by atoms with van der Waals surface area (Å²) in [5.74, 6) is -0.0340. The van der Waals surface area contributed by atoms with E-state index in [4.69, 9.17) is 0 Å². The summed E-state index contributed by atoms with van der Waals surface area (Å²) in [4.78, 5) is 23.8. The Labute approximate surface area is 123 Å². The van der Waals surface area contributed by atoms with Gasteiger partial charge in [-0.05, 0) is 11.5 Å². The van der Waals surface area contributed by atoms with Crippen LogP contribution in [0.15, 0.2) is 0 Å². The third kappa shape index (κ3) is 48.1. The number of rotatable bonds is 6. The van der Waals surface area contributed by atoms with Crippen LogP contribution in [-0.4, -0.2) is 56.1 Å². The molecule has 100 valence electrons. The molecule has 0 spiro atoms. The van der Waals surface area contributed by atoms with Crippen molar-refractivity contribution < 1.29 is 19.8 Å². The van der Waals surface area contributed by atoms with E-state index in [1.165, 1.54) is 23.5 Å². The fraction of sp³-hybridized carbons (Fsp3) is 0.800. The molecule has 0 aromatic carbocycles. The van der Waals surface area contributed by atoms with E-state index in [-0.39, 0.29) is 32.6 Å². The molecule has 0 amide bonds. The Bertz CT molecular complexity index is 162. The van der Waals surface area contributed by atoms with Crippen molar-refractivity contribution in [2.75, 3.05) is 23.0 Å². The number of aliphatic carboxylic acids is 2. The van der Waals surface area contributed by atoms with Crippen molar-refractivity contribution in [3.63, 3.8) is 0 Å². The fourth-order valence-corrected chi connectivity index (χ4v) is 1.11. The zero-order valence-corrected chi connectivity index (χ0v) is 15.3. The van der Waals surface area contributed by atoms with Crippen molar-refractivity contribution in [1.29, 1.82) is 0 Å². The van der Waals surface area contributed by atoms with E-state index >= 15 is 0 Å². The number of thioether (sulfide) groups is 2. The van der Waals surface area contributed by atoms with Gasteiger partial charge in [0, 0.05) is 11.5 Å². The molecule has 7 heteroatoms. The Morgan fingerprint density at radius 1 is 0.941 bits per heavy atom. The maximum atomic E-state index is 9.63. The van der Waals surface area contributed by atoms with Gasteiger partial charge in [-0.1, -0.05) is 13.8 Å². The minimum absolute atomic E-state index is 0.122. The maximum absolute atomic E-state index is 9.63. The van der Waals surface area contributed by atoms with E-state index in [2.05, 4.69) is 9.88 Å². The van der Waals surface area contributed by atoms with E-state index < -0.39 is 11.9 Å². The summed E-state index contributed by atoms with van der Waals surface area (Å²) < 4.78 is 0. The summed E-state index contributed by atoms with van der Waals surface area (Å²) in [5, 5.41) is 19.3. The van der Waals surface area contributed by atoms with Gasteiger partial charge in [0.2, 0.25) is 0 Å². The number of carboxylic acids is 2. The summed E-state index contributed by atoms with van der Waals surface area (Å²) in [6.07, 6.45) is 0. The summed E-state index contributed by atoms with van der Waals surface area (Å²) in [7, 11) is 0. The Balaban J connectivity index is -0.000000188. The van der Waals surface area contributed by atoms with Crippen LogP contribution in [0.1, 0.15) is 13.8 Å². The Hall–Kier alpha value is 0.439. The minimum atomic E-state index is -0.980. The van der Waals surface area contributed by atoms with Crippen molar-refractivity contribution in [2.24, 2.45) is 0 Å². The van der Waals surface area contributed by atoms with Crippen molar-refractivity contribution in [2.45, 2.75) is 23.7 Å². The van der Waals surface area contributed by atoms with Crippen LogP contribution in [0, 0.1) is 0 Å². The van der Waals surface area contributed by atoms with E-state index in [0.717, 1.165) is 11.5 Å². The van der Waals surface area contributed by atoms with Crippen LogP contribution in [0.3, 0.4) is 0 Å². The quantitative estimate of drug-likeness (QED) is 0.586. The van der Waals surface area contributed by atoms with Gasteiger partial charge in [-0.15, -0.1) is 0 Å². The number of hydrogen-bond acceptors (Lipinski definition) is 6. The third-order valence-electron chi connectivity index (χ3n) is 0.848. The normalized spacial score (nSPS) is 7.76. The topological polar surface area (TPSA) is 80.3 Å². The van der Waals surface area contributed by atoms with Gasteiger partial charge in [0.05, 0.1) is 11.9 Å². The SMILES string of the molecule is CCSCC(=O)[O-].CCSCC(=O)[O-].[CH3][Sn+2][CH3]. The summed E-state index contributed by atoms with van der Waals surface area (Å²) in [6, 6.07) is 0. The molecule has 0 heterocycles. The molecule has 17 heavy (non-hydrogen) atoms. The van der Waals surface area contributed by atoms with Crippen molar-refractivity contribution >= 4 is 56.6 Å². The van der Waals surface area contributed by atoms with Crippen molar-refractivity contribution in [3.8, 4) is 0 Å². The zero-order chi connectivity index (χ0) is 14.1. The van der Waals surface area contributed by atoms with Gasteiger partial charge in [0.15, 0.2) is 0 Å². The Kier molecular flexibility index (Phi) is 28.8. The van der Waals surface area contributed by atoms with Crippen LogP contribution in [0.5, 0.6) is 0 Å². The molecular formula is C10H20O4S2Sn. The van der Waals surface area contributed by atoms with Gasteiger partial charge < -0.3 is 19.8 Å². The monoisotopic (exact) mass is 388 g/mol. The third-order valence-corrected chi connectivity index (χ3v) is 2.54. The molecule has 4 nitrogen and oxygen atoms in total. The molecular weight excluding hydrogens is 367 g/mol. The fourth-order valence-electron chi connectivity index (χ4n) is 0.371. The second-order valence-electron chi connectivity index (χ2n) is 2.52. The predicted molar refractivity (Wildman–Crippen MR) is 73.5 cm³/mol. The van der Waals surface area contributed by atoms with Gasteiger partial charge in [0.25, 0.3) is 0 Å². The van der Waals surface area contributed by atoms with Gasteiger partial charge >= 0.3 is 31.0 Å². The molecule has 0 atom stereocenters. The molecule has 0 saturated carbocycles. The first-order chi connectivity index (χ1) is 7.95. The van der Waals surface area contributed by atoms with Crippen LogP contribution in [0.2, 0.25) is 9.88 Å². The summed E-state index contributed by atoms with van der Waals surface area (Å²) in [6.45, 7) is 3.82. The number of carboxylic acid groups (broad SMARTS) is 2. The number of carbonyl (C=O) groups is 2. The zero-order valence-electron chi connectivity index (χ0n) is 10.8. The van der Waals surface area contributed by atoms with Crippen LogP contribution in [-0.2, 0) is 9.59 Å². The first kappa shape index (κ1) is 22.6. The molecule has 0 N–H and O–H groups in total. The Morgan fingerprint density at radius 2 is 1.18 bits per heavy atom. The molecule has 0 unspecified atom stereocenters.